The number of amides is 1. The highest BCUT2D eigenvalue weighted by Crippen LogP contribution is 2.24. The Balaban J connectivity index is 0.00000140. The number of aromatic nitrogens is 4. The van der Waals surface area contributed by atoms with Crippen molar-refractivity contribution in [3.05, 3.63) is 12.0 Å². The fraction of sp³-hybridized carbons (Fsp3) is 0.647. The molecule has 2 saturated heterocycles. The van der Waals surface area contributed by atoms with E-state index in [2.05, 4.69) is 25.3 Å². The van der Waals surface area contributed by atoms with E-state index in [1.807, 2.05) is 36.8 Å². The number of hydrogen-bond donors (Lipinski definition) is 1. The minimum atomic E-state index is 0. The highest BCUT2D eigenvalue weighted by molar-refractivity contribution is 7.99. The summed E-state index contributed by atoms with van der Waals surface area (Å²) >= 11 is 1.93. The summed E-state index contributed by atoms with van der Waals surface area (Å²) in [5.74, 6) is 4.11. The molecule has 0 saturated carbocycles. The van der Waals surface area contributed by atoms with Crippen LogP contribution in [0.2, 0.25) is 0 Å². The fourth-order valence-corrected chi connectivity index (χ4v) is 4.56. The number of halogens is 2. The summed E-state index contributed by atoms with van der Waals surface area (Å²) in [4.78, 5) is 26.0. The maximum atomic E-state index is 12.6. The zero-order chi connectivity index (χ0) is 18.1. The van der Waals surface area contributed by atoms with Gasteiger partial charge in [-0.25, -0.2) is 9.97 Å². The summed E-state index contributed by atoms with van der Waals surface area (Å²) in [5, 5.41) is 8.74. The largest absolute Gasteiger partial charge is 0.352 e. The lowest BCUT2D eigenvalue weighted by atomic mass is 10.2. The van der Waals surface area contributed by atoms with Crippen LogP contribution in [0, 0.1) is 6.92 Å². The Kier molecular flexibility index (Phi) is 8.18. The molecule has 0 radical (unpaired) electrons. The molecule has 0 aromatic carbocycles. The third kappa shape index (κ3) is 4.82. The van der Waals surface area contributed by atoms with E-state index in [-0.39, 0.29) is 30.7 Å². The van der Waals surface area contributed by atoms with E-state index in [0.717, 1.165) is 66.9 Å². The normalized spacial score (nSPS) is 19.9. The molecular formula is C17H27Cl2N7OS. The SMILES string of the molecule is Cc1nc(N2CCN(C(=O)CC3CSCCN3)CC2)c2cnn(C)c2n1.Cl.Cl. The standard InChI is InChI=1S/C17H25N7OS.2ClH/c1-12-20-16-14(10-19-22(16)2)17(21-12)24-6-4-23(5-7-24)15(25)9-13-11-26-8-3-18-13;;/h10,13,18H,3-9,11H2,1-2H3;2*1H. The number of piperazine rings is 1. The molecule has 1 unspecified atom stereocenters. The molecule has 1 amide bonds. The number of fused-ring (bicyclic) bond motifs is 1. The Labute approximate surface area is 181 Å². The Morgan fingerprint density at radius 2 is 2.00 bits per heavy atom. The first kappa shape index (κ1) is 23.0. The zero-order valence-corrected chi connectivity index (χ0v) is 18.6. The van der Waals surface area contributed by atoms with Crippen LogP contribution in [0.1, 0.15) is 12.2 Å². The summed E-state index contributed by atoms with van der Waals surface area (Å²) in [5.41, 5.74) is 0.854. The molecule has 11 heteroatoms. The van der Waals surface area contributed by atoms with E-state index in [1.54, 1.807) is 4.68 Å². The smallest absolute Gasteiger partial charge is 0.224 e. The molecular weight excluding hydrogens is 421 g/mol. The van der Waals surface area contributed by atoms with E-state index < -0.39 is 0 Å². The lowest BCUT2D eigenvalue weighted by Gasteiger charge is -2.36. The Bertz CT molecular complexity index is 804. The van der Waals surface area contributed by atoms with Crippen molar-refractivity contribution < 1.29 is 4.79 Å². The van der Waals surface area contributed by atoms with Gasteiger partial charge < -0.3 is 15.1 Å². The molecule has 2 aromatic rings. The van der Waals surface area contributed by atoms with Gasteiger partial charge in [0.2, 0.25) is 5.91 Å². The average Bonchev–Trinajstić information content (AvgIpc) is 3.03. The predicted molar refractivity (Wildman–Crippen MR) is 118 cm³/mol. The molecule has 4 rings (SSSR count). The van der Waals surface area contributed by atoms with Crippen molar-refractivity contribution >= 4 is 59.3 Å². The predicted octanol–water partition coefficient (Wildman–Crippen LogP) is 1.26. The van der Waals surface area contributed by atoms with Gasteiger partial charge in [-0.15, -0.1) is 24.8 Å². The number of aryl methyl sites for hydroxylation is 2. The first-order valence-electron chi connectivity index (χ1n) is 9.12. The Hall–Kier alpha value is -1.29. The fourth-order valence-electron chi connectivity index (χ4n) is 3.61. The molecule has 156 valence electrons. The van der Waals surface area contributed by atoms with Crippen LogP contribution in [-0.4, -0.2) is 80.8 Å². The van der Waals surface area contributed by atoms with Crippen molar-refractivity contribution in [2.24, 2.45) is 7.05 Å². The van der Waals surface area contributed by atoms with E-state index in [0.29, 0.717) is 12.5 Å². The van der Waals surface area contributed by atoms with Crippen LogP contribution in [-0.2, 0) is 11.8 Å². The molecule has 0 aliphatic carbocycles. The summed E-state index contributed by atoms with van der Waals surface area (Å²) in [6, 6.07) is 0.318. The van der Waals surface area contributed by atoms with Gasteiger partial charge in [0.25, 0.3) is 0 Å². The highest BCUT2D eigenvalue weighted by atomic mass is 35.5. The summed E-state index contributed by atoms with van der Waals surface area (Å²) in [7, 11) is 1.90. The quantitative estimate of drug-likeness (QED) is 0.758. The van der Waals surface area contributed by atoms with Gasteiger partial charge >= 0.3 is 0 Å². The number of thioether (sulfide) groups is 1. The minimum absolute atomic E-state index is 0. The summed E-state index contributed by atoms with van der Waals surface area (Å²) < 4.78 is 1.78. The average molecular weight is 448 g/mol. The minimum Gasteiger partial charge on any atom is -0.352 e. The highest BCUT2D eigenvalue weighted by Gasteiger charge is 2.26. The van der Waals surface area contributed by atoms with Gasteiger partial charge in [-0.3, -0.25) is 9.48 Å². The van der Waals surface area contributed by atoms with Gasteiger partial charge in [0.1, 0.15) is 11.6 Å². The second-order valence-electron chi connectivity index (χ2n) is 6.90. The van der Waals surface area contributed by atoms with Crippen LogP contribution in [0.5, 0.6) is 0 Å². The molecule has 28 heavy (non-hydrogen) atoms. The molecule has 1 N–H and O–H groups in total. The van der Waals surface area contributed by atoms with Crippen molar-refractivity contribution in [2.75, 3.05) is 49.1 Å². The van der Waals surface area contributed by atoms with E-state index in [1.165, 1.54) is 0 Å². The number of nitrogens with zero attached hydrogens (tertiary/aromatic N) is 6. The van der Waals surface area contributed by atoms with Gasteiger partial charge in [0.15, 0.2) is 5.65 Å². The molecule has 8 nitrogen and oxygen atoms in total. The molecule has 2 fully saturated rings. The van der Waals surface area contributed by atoms with Crippen LogP contribution >= 0.6 is 36.6 Å². The summed E-state index contributed by atoms with van der Waals surface area (Å²) in [6.07, 6.45) is 2.43. The Morgan fingerprint density at radius 1 is 1.25 bits per heavy atom. The van der Waals surface area contributed by atoms with Crippen molar-refractivity contribution in [3.63, 3.8) is 0 Å². The molecule has 4 heterocycles. The van der Waals surface area contributed by atoms with Gasteiger partial charge in [0.05, 0.1) is 11.6 Å². The number of hydrogen-bond acceptors (Lipinski definition) is 7. The molecule has 2 aliphatic heterocycles. The first-order valence-corrected chi connectivity index (χ1v) is 10.3. The molecule has 2 aromatic heterocycles. The van der Waals surface area contributed by atoms with Gasteiger partial charge in [-0.1, -0.05) is 0 Å². The molecule has 0 spiro atoms. The third-order valence-corrected chi connectivity index (χ3v) is 6.17. The van der Waals surface area contributed by atoms with Crippen molar-refractivity contribution in [2.45, 2.75) is 19.4 Å². The maximum absolute atomic E-state index is 12.6. The second kappa shape index (κ2) is 9.96. The first-order chi connectivity index (χ1) is 12.6. The number of nitrogens with one attached hydrogen (secondary N) is 1. The molecule has 0 bridgehead atoms. The van der Waals surface area contributed by atoms with Crippen molar-refractivity contribution in [1.29, 1.82) is 0 Å². The van der Waals surface area contributed by atoms with Gasteiger partial charge in [-0.05, 0) is 6.92 Å². The molecule has 2 aliphatic rings. The van der Waals surface area contributed by atoms with Crippen LogP contribution in [0.25, 0.3) is 11.0 Å². The van der Waals surface area contributed by atoms with Crippen LogP contribution < -0.4 is 10.2 Å². The van der Waals surface area contributed by atoms with Gasteiger partial charge in [0, 0.05) is 63.7 Å². The van der Waals surface area contributed by atoms with Crippen LogP contribution in [0.4, 0.5) is 5.82 Å². The number of anilines is 1. The number of carbonyl (C=O) groups is 1. The van der Waals surface area contributed by atoms with Crippen molar-refractivity contribution in [1.82, 2.24) is 30.0 Å². The summed E-state index contributed by atoms with van der Waals surface area (Å²) in [6.45, 7) is 5.97. The number of carbonyl (C=O) groups excluding carboxylic acids is 1. The second-order valence-corrected chi connectivity index (χ2v) is 8.05. The maximum Gasteiger partial charge on any atom is 0.224 e. The van der Waals surface area contributed by atoms with E-state index in [4.69, 9.17) is 0 Å². The van der Waals surface area contributed by atoms with E-state index >= 15 is 0 Å². The van der Waals surface area contributed by atoms with E-state index in [9.17, 15) is 4.79 Å². The lowest BCUT2D eigenvalue weighted by molar-refractivity contribution is -0.131. The third-order valence-electron chi connectivity index (χ3n) is 5.04. The topological polar surface area (TPSA) is 79.2 Å². The van der Waals surface area contributed by atoms with Gasteiger partial charge in [-0.2, -0.15) is 16.9 Å². The number of rotatable bonds is 3. The Morgan fingerprint density at radius 3 is 2.68 bits per heavy atom. The lowest BCUT2D eigenvalue weighted by Crippen LogP contribution is -2.51. The van der Waals surface area contributed by atoms with Crippen molar-refractivity contribution in [3.8, 4) is 0 Å². The zero-order valence-electron chi connectivity index (χ0n) is 16.1. The molecule has 1 atom stereocenters. The van der Waals surface area contributed by atoms with Crippen LogP contribution in [0.3, 0.4) is 0 Å². The monoisotopic (exact) mass is 447 g/mol. The van der Waals surface area contributed by atoms with Crippen LogP contribution in [0.15, 0.2) is 6.20 Å².